The fourth-order valence-corrected chi connectivity index (χ4v) is 0.634. The predicted molar refractivity (Wildman–Crippen MR) is 45.5 cm³/mol. The van der Waals surface area contributed by atoms with Crippen LogP contribution in [0, 0.1) is 0 Å². The zero-order chi connectivity index (χ0) is 10.3. The van der Waals surface area contributed by atoms with E-state index in [-0.39, 0.29) is 19.3 Å². The van der Waals surface area contributed by atoms with Crippen molar-refractivity contribution in [1.82, 2.24) is 0 Å². The fraction of sp³-hybridized carbons (Fsp3) is 0.875. The zero-order valence-electron chi connectivity index (χ0n) is 7.90. The van der Waals surface area contributed by atoms with Crippen molar-refractivity contribution in [2.45, 2.75) is 26.1 Å². The minimum atomic E-state index is -1.04. The average Bonchev–Trinajstić information content (AvgIpc) is 2.00. The third kappa shape index (κ3) is 9.26. The lowest BCUT2D eigenvalue weighted by atomic mass is 10.4. The van der Waals surface area contributed by atoms with Crippen molar-refractivity contribution >= 4 is 5.97 Å². The van der Waals surface area contributed by atoms with Crippen molar-refractivity contribution in [3.05, 3.63) is 0 Å². The van der Waals surface area contributed by atoms with Gasteiger partial charge in [-0.05, 0) is 13.8 Å². The molecule has 0 aliphatic rings. The van der Waals surface area contributed by atoms with Crippen LogP contribution in [0.25, 0.3) is 0 Å². The summed E-state index contributed by atoms with van der Waals surface area (Å²) < 4.78 is 9.74. The van der Waals surface area contributed by atoms with Gasteiger partial charge in [0, 0.05) is 0 Å². The summed E-state index contributed by atoms with van der Waals surface area (Å²) in [4.78, 5) is 10.0. The molecule has 1 atom stereocenters. The Morgan fingerprint density at radius 2 is 2.00 bits per heavy atom. The van der Waals surface area contributed by atoms with E-state index in [4.69, 9.17) is 14.9 Å². The molecule has 1 unspecified atom stereocenters. The largest absolute Gasteiger partial charge is 0.480 e. The van der Waals surface area contributed by atoms with Gasteiger partial charge in [0.25, 0.3) is 0 Å². The standard InChI is InChI=1S/C8H16O5/c1-6(2)13-4-7(9)3-12-5-8(10)11/h6-7,9H,3-5H2,1-2H3,(H,10,11). The highest BCUT2D eigenvalue weighted by atomic mass is 16.5. The molecular formula is C8H16O5. The first kappa shape index (κ1) is 12.3. The molecule has 0 bridgehead atoms. The highest BCUT2D eigenvalue weighted by molar-refractivity contribution is 5.67. The fourth-order valence-electron chi connectivity index (χ4n) is 0.634. The van der Waals surface area contributed by atoms with Crippen molar-refractivity contribution in [2.75, 3.05) is 19.8 Å². The van der Waals surface area contributed by atoms with Crippen LogP contribution in [0.2, 0.25) is 0 Å². The lowest BCUT2D eigenvalue weighted by Gasteiger charge is -2.12. The first-order valence-electron chi connectivity index (χ1n) is 4.11. The summed E-state index contributed by atoms with van der Waals surface area (Å²) in [6.45, 7) is 3.46. The van der Waals surface area contributed by atoms with E-state index in [2.05, 4.69) is 4.74 Å². The monoisotopic (exact) mass is 192 g/mol. The van der Waals surface area contributed by atoms with Crippen molar-refractivity contribution in [3.8, 4) is 0 Å². The van der Waals surface area contributed by atoms with E-state index >= 15 is 0 Å². The molecule has 0 radical (unpaired) electrons. The van der Waals surface area contributed by atoms with Gasteiger partial charge in [0.05, 0.1) is 19.3 Å². The van der Waals surface area contributed by atoms with Crippen LogP contribution in [0.3, 0.4) is 0 Å². The Morgan fingerprint density at radius 3 is 2.46 bits per heavy atom. The first-order valence-corrected chi connectivity index (χ1v) is 4.11. The van der Waals surface area contributed by atoms with E-state index in [1.165, 1.54) is 0 Å². The van der Waals surface area contributed by atoms with Gasteiger partial charge in [-0.25, -0.2) is 4.79 Å². The second kappa shape index (κ2) is 6.82. The molecular weight excluding hydrogens is 176 g/mol. The Hall–Kier alpha value is -0.650. The molecule has 0 aromatic rings. The molecule has 0 saturated heterocycles. The maximum absolute atomic E-state index is 10.0. The number of carbonyl (C=O) groups is 1. The van der Waals surface area contributed by atoms with Crippen molar-refractivity contribution in [3.63, 3.8) is 0 Å². The second-order valence-corrected chi connectivity index (χ2v) is 2.94. The molecule has 0 heterocycles. The van der Waals surface area contributed by atoms with E-state index in [1.54, 1.807) is 0 Å². The Morgan fingerprint density at radius 1 is 1.38 bits per heavy atom. The number of carboxylic acids is 1. The van der Waals surface area contributed by atoms with Gasteiger partial charge in [-0.15, -0.1) is 0 Å². The smallest absolute Gasteiger partial charge is 0.329 e. The van der Waals surface area contributed by atoms with E-state index in [0.29, 0.717) is 0 Å². The molecule has 0 saturated carbocycles. The molecule has 78 valence electrons. The molecule has 0 aliphatic heterocycles. The van der Waals surface area contributed by atoms with Crippen LogP contribution in [0.1, 0.15) is 13.8 Å². The van der Waals surface area contributed by atoms with E-state index in [1.807, 2.05) is 13.8 Å². The van der Waals surface area contributed by atoms with Gasteiger partial charge in [-0.3, -0.25) is 0 Å². The summed E-state index contributed by atoms with van der Waals surface area (Å²) in [5, 5.41) is 17.4. The lowest BCUT2D eigenvalue weighted by Crippen LogP contribution is -2.25. The number of aliphatic hydroxyl groups is 1. The molecule has 2 N–H and O–H groups in total. The summed E-state index contributed by atoms with van der Waals surface area (Å²) >= 11 is 0. The summed E-state index contributed by atoms with van der Waals surface area (Å²) in [5.74, 6) is -1.04. The van der Waals surface area contributed by atoms with Crippen LogP contribution < -0.4 is 0 Å². The Bertz CT molecular complexity index is 145. The van der Waals surface area contributed by atoms with Gasteiger partial charge >= 0.3 is 5.97 Å². The van der Waals surface area contributed by atoms with Crippen LogP contribution >= 0.6 is 0 Å². The normalized spacial score (nSPS) is 13.2. The first-order chi connectivity index (χ1) is 6.02. The van der Waals surface area contributed by atoms with E-state index < -0.39 is 18.7 Å². The maximum Gasteiger partial charge on any atom is 0.329 e. The highest BCUT2D eigenvalue weighted by Crippen LogP contribution is 1.92. The number of hydrogen-bond donors (Lipinski definition) is 2. The topological polar surface area (TPSA) is 76.0 Å². The zero-order valence-corrected chi connectivity index (χ0v) is 7.90. The minimum absolute atomic E-state index is 0.0149. The molecule has 0 spiro atoms. The number of ether oxygens (including phenoxy) is 2. The minimum Gasteiger partial charge on any atom is -0.480 e. The summed E-state index contributed by atoms with van der Waals surface area (Å²) in [6.07, 6.45) is -0.712. The van der Waals surface area contributed by atoms with E-state index in [9.17, 15) is 4.79 Å². The van der Waals surface area contributed by atoms with Crippen molar-refractivity contribution in [1.29, 1.82) is 0 Å². The lowest BCUT2D eigenvalue weighted by molar-refractivity contribution is -0.143. The van der Waals surface area contributed by atoms with E-state index in [0.717, 1.165) is 0 Å². The van der Waals surface area contributed by atoms with Gasteiger partial charge in [0.15, 0.2) is 0 Å². The number of aliphatic carboxylic acids is 1. The number of carboxylic acid groups (broad SMARTS) is 1. The average molecular weight is 192 g/mol. The summed E-state index contributed by atoms with van der Waals surface area (Å²) in [5.41, 5.74) is 0. The Kier molecular flexibility index (Phi) is 6.48. The van der Waals surface area contributed by atoms with Gasteiger partial charge in [-0.1, -0.05) is 0 Å². The Labute approximate surface area is 77.3 Å². The quantitative estimate of drug-likeness (QED) is 0.587. The van der Waals surface area contributed by atoms with Crippen LogP contribution in [0.15, 0.2) is 0 Å². The van der Waals surface area contributed by atoms with Crippen molar-refractivity contribution < 1.29 is 24.5 Å². The highest BCUT2D eigenvalue weighted by Gasteiger charge is 2.06. The molecule has 0 aromatic heterocycles. The molecule has 0 amide bonds. The molecule has 0 fully saturated rings. The summed E-state index contributed by atoms with van der Waals surface area (Å²) in [7, 11) is 0. The van der Waals surface area contributed by atoms with Crippen LogP contribution in [-0.2, 0) is 14.3 Å². The second-order valence-electron chi connectivity index (χ2n) is 2.94. The Balaban J connectivity index is 3.29. The molecule has 0 rings (SSSR count). The molecule has 0 aromatic carbocycles. The SMILES string of the molecule is CC(C)OCC(O)COCC(=O)O. The number of rotatable bonds is 7. The molecule has 0 aliphatic carbocycles. The molecule has 5 nitrogen and oxygen atoms in total. The maximum atomic E-state index is 10.0. The van der Waals surface area contributed by atoms with Crippen LogP contribution in [0.5, 0.6) is 0 Å². The van der Waals surface area contributed by atoms with Gasteiger partial charge in [0.1, 0.15) is 12.7 Å². The molecule has 13 heavy (non-hydrogen) atoms. The van der Waals surface area contributed by atoms with Crippen LogP contribution in [-0.4, -0.2) is 48.2 Å². The summed E-state index contributed by atoms with van der Waals surface area (Å²) in [6, 6.07) is 0. The van der Waals surface area contributed by atoms with Crippen LogP contribution in [0.4, 0.5) is 0 Å². The third-order valence-electron chi connectivity index (χ3n) is 1.16. The van der Waals surface area contributed by atoms with Gasteiger partial charge in [-0.2, -0.15) is 0 Å². The number of hydrogen-bond acceptors (Lipinski definition) is 4. The van der Waals surface area contributed by atoms with Crippen molar-refractivity contribution in [2.24, 2.45) is 0 Å². The molecule has 5 heteroatoms. The predicted octanol–water partition coefficient (Wildman–Crippen LogP) is -0.127. The third-order valence-corrected chi connectivity index (χ3v) is 1.16. The van der Waals surface area contributed by atoms with Gasteiger partial charge < -0.3 is 19.7 Å². The van der Waals surface area contributed by atoms with Gasteiger partial charge in [0.2, 0.25) is 0 Å². The number of aliphatic hydroxyl groups excluding tert-OH is 1.